The Balaban J connectivity index is 1.76. The Morgan fingerprint density at radius 3 is 2.60 bits per heavy atom. The summed E-state index contributed by atoms with van der Waals surface area (Å²) in [6.45, 7) is 4.94. The first kappa shape index (κ1) is 15.6. The number of hydrogen-bond donors (Lipinski definition) is 1. The second kappa shape index (κ2) is 6.30. The van der Waals surface area contributed by atoms with Crippen LogP contribution < -0.4 is 5.32 Å². The van der Waals surface area contributed by atoms with Crippen LogP contribution in [0.1, 0.15) is 26.2 Å². The first-order chi connectivity index (χ1) is 9.39. The smallest absolute Gasteiger partial charge is 0.317 e. The fourth-order valence-corrected chi connectivity index (χ4v) is 4.69. The molecule has 7 heteroatoms. The maximum Gasteiger partial charge on any atom is 0.317 e. The number of carbonyl (C=O) groups is 1. The zero-order valence-corrected chi connectivity index (χ0v) is 13.2. The largest absolute Gasteiger partial charge is 0.336 e. The van der Waals surface area contributed by atoms with Crippen molar-refractivity contribution in [3.8, 4) is 0 Å². The molecule has 0 bridgehead atoms. The molecule has 0 aromatic carbocycles. The quantitative estimate of drug-likeness (QED) is 0.811. The summed E-state index contributed by atoms with van der Waals surface area (Å²) in [6, 6.07) is -0.0117. The summed E-state index contributed by atoms with van der Waals surface area (Å²) in [6.07, 6.45) is 3.02. The van der Waals surface area contributed by atoms with E-state index in [-0.39, 0.29) is 23.6 Å². The molecular formula is C13H25N3O3S. The number of nitrogens with zero attached hydrogens (tertiary/aromatic N) is 2. The van der Waals surface area contributed by atoms with Gasteiger partial charge >= 0.3 is 6.03 Å². The van der Waals surface area contributed by atoms with Crippen LogP contribution in [0.3, 0.4) is 0 Å². The van der Waals surface area contributed by atoms with Gasteiger partial charge in [-0.2, -0.15) is 0 Å². The fraction of sp³-hybridized carbons (Fsp3) is 0.923. The summed E-state index contributed by atoms with van der Waals surface area (Å²) in [5.41, 5.74) is 0. The molecule has 6 nitrogen and oxygen atoms in total. The lowest BCUT2D eigenvalue weighted by Crippen LogP contribution is -2.48. The van der Waals surface area contributed by atoms with Gasteiger partial charge in [0.1, 0.15) is 0 Å². The first-order valence-electron chi connectivity index (χ1n) is 7.34. The standard InChI is InChI=1S/C13H25N3O3S/c1-11(16-6-3-4-7-16)9-14-13(17)15(2)12-5-8-20(18,19)10-12/h11-12H,3-10H2,1-2H3,(H,14,17)/t11-,12-/m0/s1. The molecule has 2 rings (SSSR count). The third-order valence-corrected chi connectivity index (χ3v) is 6.14. The van der Waals surface area contributed by atoms with Gasteiger partial charge in [0.15, 0.2) is 9.84 Å². The van der Waals surface area contributed by atoms with Crippen molar-refractivity contribution in [2.75, 3.05) is 38.2 Å². The topological polar surface area (TPSA) is 69.7 Å². The van der Waals surface area contributed by atoms with E-state index in [1.165, 1.54) is 12.8 Å². The van der Waals surface area contributed by atoms with Gasteiger partial charge in [0, 0.05) is 25.7 Å². The molecule has 116 valence electrons. The minimum absolute atomic E-state index is 0.0958. The van der Waals surface area contributed by atoms with Crippen molar-refractivity contribution in [3.05, 3.63) is 0 Å². The van der Waals surface area contributed by atoms with E-state index < -0.39 is 9.84 Å². The van der Waals surface area contributed by atoms with E-state index >= 15 is 0 Å². The van der Waals surface area contributed by atoms with E-state index in [9.17, 15) is 13.2 Å². The molecule has 2 amide bonds. The van der Waals surface area contributed by atoms with E-state index in [1.54, 1.807) is 11.9 Å². The van der Waals surface area contributed by atoms with Gasteiger partial charge in [0.05, 0.1) is 11.5 Å². The maximum absolute atomic E-state index is 12.1. The summed E-state index contributed by atoms with van der Waals surface area (Å²) >= 11 is 0. The van der Waals surface area contributed by atoms with Crippen molar-refractivity contribution in [1.29, 1.82) is 0 Å². The van der Waals surface area contributed by atoms with E-state index in [1.807, 2.05) is 0 Å². The van der Waals surface area contributed by atoms with Gasteiger partial charge in [-0.3, -0.25) is 4.90 Å². The van der Waals surface area contributed by atoms with Crippen molar-refractivity contribution in [2.24, 2.45) is 0 Å². The van der Waals surface area contributed by atoms with Crippen LogP contribution in [-0.2, 0) is 9.84 Å². The molecule has 0 aromatic heterocycles. The Labute approximate surface area is 121 Å². The Morgan fingerprint density at radius 2 is 2.05 bits per heavy atom. The molecule has 2 fully saturated rings. The molecule has 2 saturated heterocycles. The number of likely N-dealkylation sites (tertiary alicyclic amines) is 1. The molecule has 0 aliphatic carbocycles. The third-order valence-electron chi connectivity index (χ3n) is 4.39. The summed E-state index contributed by atoms with van der Waals surface area (Å²) in [5, 5.41) is 2.91. The number of hydrogen-bond acceptors (Lipinski definition) is 4. The lowest BCUT2D eigenvalue weighted by molar-refractivity contribution is 0.187. The molecule has 2 heterocycles. The monoisotopic (exact) mass is 303 g/mol. The average Bonchev–Trinajstić information content (AvgIpc) is 3.03. The summed E-state index contributed by atoms with van der Waals surface area (Å²) in [7, 11) is -1.27. The van der Waals surface area contributed by atoms with Crippen LogP contribution in [0.15, 0.2) is 0 Å². The molecule has 1 N–H and O–H groups in total. The zero-order valence-electron chi connectivity index (χ0n) is 12.3. The van der Waals surface area contributed by atoms with E-state index in [0.29, 0.717) is 19.0 Å². The van der Waals surface area contributed by atoms with Crippen LogP contribution in [0.4, 0.5) is 4.79 Å². The Kier molecular flexibility index (Phi) is 4.90. The van der Waals surface area contributed by atoms with Crippen LogP contribution in [0.25, 0.3) is 0 Å². The minimum Gasteiger partial charge on any atom is -0.336 e. The normalized spacial score (nSPS) is 27.4. The van der Waals surface area contributed by atoms with Crippen LogP contribution in [0.2, 0.25) is 0 Å². The molecule has 0 aromatic rings. The molecule has 0 spiro atoms. The molecule has 2 aliphatic rings. The summed E-state index contributed by atoms with van der Waals surface area (Å²) in [5.74, 6) is 0.290. The fourth-order valence-electron chi connectivity index (χ4n) is 2.92. The average molecular weight is 303 g/mol. The van der Waals surface area contributed by atoms with E-state index in [4.69, 9.17) is 0 Å². The van der Waals surface area contributed by atoms with Gasteiger partial charge in [-0.25, -0.2) is 13.2 Å². The molecule has 0 unspecified atom stereocenters. The Hall–Kier alpha value is -0.820. The third kappa shape index (κ3) is 3.85. The van der Waals surface area contributed by atoms with Crippen LogP contribution in [0, 0.1) is 0 Å². The van der Waals surface area contributed by atoms with Gasteiger partial charge in [-0.15, -0.1) is 0 Å². The molecule has 0 saturated carbocycles. The number of nitrogens with one attached hydrogen (secondary N) is 1. The lowest BCUT2D eigenvalue weighted by atomic mass is 10.2. The number of urea groups is 1. The number of sulfone groups is 1. The second-order valence-electron chi connectivity index (χ2n) is 5.95. The first-order valence-corrected chi connectivity index (χ1v) is 9.16. The Bertz CT molecular complexity index is 446. The van der Waals surface area contributed by atoms with E-state index in [0.717, 1.165) is 13.1 Å². The highest BCUT2D eigenvalue weighted by atomic mass is 32.2. The van der Waals surface area contributed by atoms with Crippen molar-refractivity contribution < 1.29 is 13.2 Å². The molecule has 2 atom stereocenters. The maximum atomic E-state index is 12.1. The Morgan fingerprint density at radius 1 is 1.40 bits per heavy atom. The second-order valence-corrected chi connectivity index (χ2v) is 8.17. The molecule has 2 aliphatic heterocycles. The van der Waals surface area contributed by atoms with Crippen molar-refractivity contribution in [1.82, 2.24) is 15.1 Å². The molecule has 0 radical (unpaired) electrons. The number of rotatable bonds is 4. The summed E-state index contributed by atoms with van der Waals surface area (Å²) in [4.78, 5) is 16.0. The SMILES string of the molecule is C[C@@H](CNC(=O)N(C)[C@H]1CCS(=O)(=O)C1)N1CCCC1. The highest BCUT2D eigenvalue weighted by Crippen LogP contribution is 2.16. The zero-order chi connectivity index (χ0) is 14.8. The van der Waals surface area contributed by atoms with Gasteiger partial charge in [0.2, 0.25) is 0 Å². The lowest BCUT2D eigenvalue weighted by Gasteiger charge is -2.27. The van der Waals surface area contributed by atoms with Crippen LogP contribution in [-0.4, -0.2) is 74.5 Å². The predicted octanol–water partition coefficient (Wildman–Crippen LogP) is 0.299. The van der Waals surface area contributed by atoms with E-state index in [2.05, 4.69) is 17.1 Å². The predicted molar refractivity (Wildman–Crippen MR) is 78.5 cm³/mol. The van der Waals surface area contributed by atoms with Gasteiger partial charge in [-0.1, -0.05) is 0 Å². The van der Waals surface area contributed by atoms with Crippen molar-refractivity contribution in [2.45, 2.75) is 38.3 Å². The van der Waals surface area contributed by atoms with Crippen LogP contribution >= 0.6 is 0 Å². The van der Waals surface area contributed by atoms with Crippen molar-refractivity contribution in [3.63, 3.8) is 0 Å². The molecular weight excluding hydrogens is 278 g/mol. The molecule has 20 heavy (non-hydrogen) atoms. The number of carbonyl (C=O) groups excluding carboxylic acids is 1. The van der Waals surface area contributed by atoms with Gasteiger partial charge in [-0.05, 0) is 39.3 Å². The van der Waals surface area contributed by atoms with Crippen molar-refractivity contribution >= 4 is 15.9 Å². The minimum atomic E-state index is -2.95. The highest BCUT2D eigenvalue weighted by Gasteiger charge is 2.32. The summed E-state index contributed by atoms with van der Waals surface area (Å²) < 4.78 is 22.9. The van der Waals surface area contributed by atoms with Crippen LogP contribution in [0.5, 0.6) is 0 Å². The number of amides is 2. The van der Waals surface area contributed by atoms with Gasteiger partial charge < -0.3 is 10.2 Å². The van der Waals surface area contributed by atoms with Gasteiger partial charge in [0.25, 0.3) is 0 Å². The highest BCUT2D eigenvalue weighted by molar-refractivity contribution is 7.91.